The summed E-state index contributed by atoms with van der Waals surface area (Å²) in [6.07, 6.45) is -2.27. The van der Waals surface area contributed by atoms with Gasteiger partial charge < -0.3 is 10.4 Å². The number of halogens is 3. The van der Waals surface area contributed by atoms with Crippen molar-refractivity contribution >= 4 is 5.69 Å². The van der Waals surface area contributed by atoms with Crippen LogP contribution in [0.15, 0.2) is 18.2 Å². The second-order valence-electron chi connectivity index (χ2n) is 4.26. The number of nitrogens with one attached hydrogen (secondary N) is 1. The van der Waals surface area contributed by atoms with Gasteiger partial charge in [-0.2, -0.15) is 13.2 Å². The van der Waals surface area contributed by atoms with E-state index in [0.717, 1.165) is 18.2 Å². The zero-order valence-electron chi connectivity index (χ0n) is 9.22. The quantitative estimate of drug-likeness (QED) is 0.839. The molecule has 1 atom stereocenters. The minimum absolute atomic E-state index is 0.0909. The molecule has 5 heteroatoms. The Hall–Kier alpha value is -1.23. The Balaban J connectivity index is 2.20. The van der Waals surface area contributed by atoms with Crippen molar-refractivity contribution in [1.82, 2.24) is 0 Å². The number of aliphatic hydroxyl groups is 1. The lowest BCUT2D eigenvalue weighted by Gasteiger charge is -2.27. The number of rotatable bonds is 2. The van der Waals surface area contributed by atoms with Gasteiger partial charge in [-0.25, -0.2) is 0 Å². The summed E-state index contributed by atoms with van der Waals surface area (Å²) in [7, 11) is 0. The molecule has 1 unspecified atom stereocenters. The Bertz CT molecular complexity index is 403. The molecule has 1 heterocycles. The summed E-state index contributed by atoms with van der Waals surface area (Å²) < 4.78 is 37.5. The van der Waals surface area contributed by atoms with Gasteiger partial charge in [0, 0.05) is 18.3 Å². The smallest absolute Gasteiger partial charge is 0.396 e. The molecule has 94 valence electrons. The maximum Gasteiger partial charge on any atom is 0.416 e. The largest absolute Gasteiger partial charge is 0.416 e. The number of alkyl halides is 3. The van der Waals surface area contributed by atoms with Gasteiger partial charge in [-0.15, -0.1) is 0 Å². The molecule has 0 aliphatic carbocycles. The van der Waals surface area contributed by atoms with Crippen LogP contribution in [0.3, 0.4) is 0 Å². The number of anilines is 1. The predicted octanol–water partition coefficient (Wildman–Crippen LogP) is 2.81. The first-order chi connectivity index (χ1) is 8.00. The third-order valence-electron chi connectivity index (χ3n) is 3.03. The fraction of sp³-hybridized carbons (Fsp3) is 0.500. The Kier molecular flexibility index (Phi) is 3.28. The molecule has 2 rings (SSSR count). The Morgan fingerprint density at radius 1 is 1.35 bits per heavy atom. The first-order valence-corrected chi connectivity index (χ1v) is 5.58. The highest BCUT2D eigenvalue weighted by molar-refractivity contribution is 5.55. The van der Waals surface area contributed by atoms with E-state index in [0.29, 0.717) is 18.4 Å². The summed E-state index contributed by atoms with van der Waals surface area (Å²) in [5.74, 6) is 0. The van der Waals surface area contributed by atoms with Crippen molar-refractivity contribution in [3.8, 4) is 0 Å². The van der Waals surface area contributed by atoms with Crippen molar-refractivity contribution in [2.75, 3.05) is 11.9 Å². The average Bonchev–Trinajstić information content (AvgIpc) is 2.27. The predicted molar refractivity (Wildman–Crippen MR) is 58.9 cm³/mol. The first kappa shape index (κ1) is 12.2. The summed E-state index contributed by atoms with van der Waals surface area (Å²) in [5, 5.41) is 12.0. The van der Waals surface area contributed by atoms with Crippen LogP contribution < -0.4 is 5.32 Å². The third-order valence-corrected chi connectivity index (χ3v) is 3.03. The molecule has 0 saturated heterocycles. The van der Waals surface area contributed by atoms with E-state index in [1.54, 1.807) is 0 Å². The summed E-state index contributed by atoms with van der Waals surface area (Å²) >= 11 is 0. The number of benzene rings is 1. The van der Waals surface area contributed by atoms with Crippen LogP contribution in [0.5, 0.6) is 0 Å². The van der Waals surface area contributed by atoms with E-state index in [2.05, 4.69) is 5.32 Å². The number of hydrogen-bond donors (Lipinski definition) is 2. The van der Waals surface area contributed by atoms with Crippen molar-refractivity contribution in [3.05, 3.63) is 29.3 Å². The molecule has 17 heavy (non-hydrogen) atoms. The molecule has 0 saturated carbocycles. The van der Waals surface area contributed by atoms with Crippen LogP contribution in [0.4, 0.5) is 18.9 Å². The second-order valence-corrected chi connectivity index (χ2v) is 4.26. The van der Waals surface area contributed by atoms with Gasteiger partial charge in [0.2, 0.25) is 0 Å². The van der Waals surface area contributed by atoms with Gasteiger partial charge in [-0.05, 0) is 43.0 Å². The fourth-order valence-corrected chi connectivity index (χ4v) is 2.11. The molecule has 0 aromatic heterocycles. The highest BCUT2D eigenvalue weighted by Crippen LogP contribution is 2.34. The lowest BCUT2D eigenvalue weighted by Crippen LogP contribution is -2.26. The summed E-state index contributed by atoms with van der Waals surface area (Å²) in [6, 6.07) is 3.93. The second kappa shape index (κ2) is 4.56. The summed E-state index contributed by atoms with van der Waals surface area (Å²) in [6.45, 7) is 0.0909. The molecule has 0 spiro atoms. The zero-order chi connectivity index (χ0) is 12.5. The van der Waals surface area contributed by atoms with Crippen molar-refractivity contribution in [1.29, 1.82) is 0 Å². The van der Waals surface area contributed by atoms with E-state index in [1.807, 2.05) is 0 Å². The van der Waals surface area contributed by atoms with E-state index in [-0.39, 0.29) is 12.6 Å². The van der Waals surface area contributed by atoms with Gasteiger partial charge in [0.05, 0.1) is 5.56 Å². The minimum Gasteiger partial charge on any atom is -0.396 e. The van der Waals surface area contributed by atoms with Crippen molar-refractivity contribution in [3.63, 3.8) is 0 Å². The molecular weight excluding hydrogens is 231 g/mol. The maximum atomic E-state index is 12.5. The van der Waals surface area contributed by atoms with Crippen LogP contribution >= 0.6 is 0 Å². The fourth-order valence-electron chi connectivity index (χ4n) is 2.11. The average molecular weight is 245 g/mol. The van der Waals surface area contributed by atoms with Crippen molar-refractivity contribution in [2.45, 2.75) is 31.5 Å². The van der Waals surface area contributed by atoms with Gasteiger partial charge in [0.25, 0.3) is 0 Å². The van der Waals surface area contributed by atoms with Crippen LogP contribution in [0.25, 0.3) is 0 Å². The van der Waals surface area contributed by atoms with Crippen LogP contribution in [0, 0.1) is 0 Å². The summed E-state index contributed by atoms with van der Waals surface area (Å²) in [5.41, 5.74) is 0.857. The number of aryl methyl sites for hydroxylation is 1. The van der Waals surface area contributed by atoms with E-state index in [4.69, 9.17) is 5.11 Å². The SMILES string of the molecule is OCCC1CCc2cc(C(F)(F)F)ccc2N1. The first-order valence-electron chi connectivity index (χ1n) is 5.58. The molecular formula is C12H14F3NO. The normalized spacial score (nSPS) is 19.6. The summed E-state index contributed by atoms with van der Waals surface area (Å²) in [4.78, 5) is 0. The van der Waals surface area contributed by atoms with Crippen LogP contribution in [-0.2, 0) is 12.6 Å². The standard InChI is InChI=1S/C12H14F3NO/c13-12(14,15)9-2-4-11-8(7-9)1-3-10(16-11)5-6-17/h2,4,7,10,16-17H,1,3,5-6H2. The van der Waals surface area contributed by atoms with Gasteiger partial charge in [0.1, 0.15) is 0 Å². The van der Waals surface area contributed by atoms with Gasteiger partial charge in [-0.1, -0.05) is 0 Å². The highest BCUT2D eigenvalue weighted by atomic mass is 19.4. The lowest BCUT2D eigenvalue weighted by molar-refractivity contribution is -0.137. The van der Waals surface area contributed by atoms with E-state index >= 15 is 0 Å². The lowest BCUT2D eigenvalue weighted by atomic mass is 9.95. The van der Waals surface area contributed by atoms with E-state index in [9.17, 15) is 13.2 Å². The Morgan fingerprint density at radius 2 is 2.12 bits per heavy atom. The molecule has 2 nitrogen and oxygen atoms in total. The van der Waals surface area contributed by atoms with E-state index in [1.165, 1.54) is 12.1 Å². The van der Waals surface area contributed by atoms with Gasteiger partial charge in [-0.3, -0.25) is 0 Å². The number of fused-ring (bicyclic) bond motifs is 1. The van der Waals surface area contributed by atoms with Gasteiger partial charge in [0.15, 0.2) is 0 Å². The molecule has 1 aromatic rings. The Morgan fingerprint density at radius 3 is 2.76 bits per heavy atom. The molecule has 0 amide bonds. The molecule has 0 fully saturated rings. The third kappa shape index (κ3) is 2.72. The van der Waals surface area contributed by atoms with Crippen LogP contribution in [0.1, 0.15) is 24.0 Å². The maximum absolute atomic E-state index is 12.5. The topological polar surface area (TPSA) is 32.3 Å². The van der Waals surface area contributed by atoms with Gasteiger partial charge >= 0.3 is 6.18 Å². The molecule has 2 N–H and O–H groups in total. The molecule has 1 aromatic carbocycles. The molecule has 1 aliphatic rings. The molecule has 0 radical (unpaired) electrons. The number of hydrogen-bond acceptors (Lipinski definition) is 2. The van der Waals surface area contributed by atoms with Crippen molar-refractivity contribution in [2.24, 2.45) is 0 Å². The highest BCUT2D eigenvalue weighted by Gasteiger charge is 2.31. The Labute approximate surface area is 97.5 Å². The molecule has 1 aliphatic heterocycles. The zero-order valence-corrected chi connectivity index (χ0v) is 9.22. The van der Waals surface area contributed by atoms with E-state index < -0.39 is 11.7 Å². The van der Waals surface area contributed by atoms with Crippen LogP contribution in [0.2, 0.25) is 0 Å². The van der Waals surface area contributed by atoms with Crippen LogP contribution in [-0.4, -0.2) is 17.8 Å². The van der Waals surface area contributed by atoms with Crippen molar-refractivity contribution < 1.29 is 18.3 Å². The monoisotopic (exact) mass is 245 g/mol. The minimum atomic E-state index is -4.28. The number of aliphatic hydroxyl groups excluding tert-OH is 1. The molecule has 0 bridgehead atoms.